The highest BCUT2D eigenvalue weighted by molar-refractivity contribution is 6.31. The van der Waals surface area contributed by atoms with Crippen molar-refractivity contribution in [1.82, 2.24) is 5.32 Å². The van der Waals surface area contributed by atoms with Crippen molar-refractivity contribution in [1.29, 1.82) is 5.26 Å². The van der Waals surface area contributed by atoms with Crippen molar-refractivity contribution in [2.24, 2.45) is 5.41 Å². The summed E-state index contributed by atoms with van der Waals surface area (Å²) < 4.78 is 30.3. The monoisotopic (exact) mass is 466 g/mol. The van der Waals surface area contributed by atoms with Crippen LogP contribution in [0.4, 0.5) is 8.78 Å². The Morgan fingerprint density at radius 3 is 2.48 bits per heavy atom. The molecule has 2 aromatic carbocycles. The molecule has 2 aromatic rings. The van der Waals surface area contributed by atoms with Crippen LogP contribution in [-0.4, -0.2) is 23.2 Å². The van der Waals surface area contributed by atoms with Gasteiger partial charge in [0.1, 0.15) is 23.1 Å². The standard InChI is InChI=1S/C23H22Cl2F2N2O2/c1-22(2,3)10-17-23(11-28,14-8-7-12(24)9-16(14)26)18(20(29-17)21(30)31)13-5-4-6-15(25)19(13)27/h4-9,17-18,20,29H,10H2,1-3H3,(H,30,31)/t17?,18-,20+,23-/m0/s1. The topological polar surface area (TPSA) is 73.1 Å². The first-order valence-electron chi connectivity index (χ1n) is 9.72. The molecule has 4 nitrogen and oxygen atoms in total. The SMILES string of the molecule is CC(C)(C)CC1N[C@@H](C(=O)O)[C@H](c2cccc(Cl)c2F)[C@@]1(C#N)c1ccc(Cl)cc1F. The maximum absolute atomic E-state index is 15.2. The smallest absolute Gasteiger partial charge is 0.321 e. The summed E-state index contributed by atoms with van der Waals surface area (Å²) in [6.45, 7) is 5.79. The van der Waals surface area contributed by atoms with Gasteiger partial charge in [-0.05, 0) is 35.6 Å². The number of rotatable bonds is 4. The van der Waals surface area contributed by atoms with Crippen molar-refractivity contribution in [3.8, 4) is 6.07 Å². The van der Waals surface area contributed by atoms with Crippen LogP contribution in [0.1, 0.15) is 44.2 Å². The molecule has 0 radical (unpaired) electrons. The lowest BCUT2D eigenvalue weighted by Crippen LogP contribution is -2.44. The largest absolute Gasteiger partial charge is 0.480 e. The van der Waals surface area contributed by atoms with Crippen LogP contribution in [-0.2, 0) is 10.2 Å². The van der Waals surface area contributed by atoms with Crippen LogP contribution >= 0.6 is 23.2 Å². The fourth-order valence-corrected chi connectivity index (χ4v) is 4.88. The summed E-state index contributed by atoms with van der Waals surface area (Å²) in [4.78, 5) is 12.2. The zero-order chi connectivity index (χ0) is 23.1. The molecule has 3 rings (SSSR count). The van der Waals surface area contributed by atoms with E-state index in [1.54, 1.807) is 0 Å². The highest BCUT2D eigenvalue weighted by Gasteiger charge is 2.61. The third-order valence-electron chi connectivity index (χ3n) is 5.72. The number of benzene rings is 2. The summed E-state index contributed by atoms with van der Waals surface area (Å²) in [6, 6.07) is 8.16. The van der Waals surface area contributed by atoms with Gasteiger partial charge < -0.3 is 5.11 Å². The molecule has 8 heteroatoms. The Hall–Kier alpha value is -2.20. The summed E-state index contributed by atoms with van der Waals surface area (Å²) in [5, 5.41) is 23.4. The number of nitrogens with zero attached hydrogens (tertiary/aromatic N) is 1. The number of nitrogens with one attached hydrogen (secondary N) is 1. The second kappa shape index (κ2) is 8.38. The molecule has 0 spiro atoms. The van der Waals surface area contributed by atoms with Gasteiger partial charge in [-0.15, -0.1) is 0 Å². The van der Waals surface area contributed by atoms with Gasteiger partial charge in [0.25, 0.3) is 0 Å². The minimum absolute atomic E-state index is 0.0331. The molecule has 1 aliphatic rings. The summed E-state index contributed by atoms with van der Waals surface area (Å²) in [5.41, 5.74) is -2.15. The summed E-state index contributed by atoms with van der Waals surface area (Å²) in [7, 11) is 0. The Bertz CT molecular complexity index is 1060. The molecule has 31 heavy (non-hydrogen) atoms. The highest BCUT2D eigenvalue weighted by atomic mass is 35.5. The molecule has 2 N–H and O–H groups in total. The first-order chi connectivity index (χ1) is 14.4. The van der Waals surface area contributed by atoms with Crippen LogP contribution in [0.3, 0.4) is 0 Å². The van der Waals surface area contributed by atoms with Gasteiger partial charge in [0, 0.05) is 22.5 Å². The van der Waals surface area contributed by atoms with Crippen molar-refractivity contribution in [2.45, 2.75) is 50.6 Å². The molecule has 1 fully saturated rings. The van der Waals surface area contributed by atoms with E-state index in [-0.39, 0.29) is 26.6 Å². The summed E-state index contributed by atoms with van der Waals surface area (Å²) in [6.07, 6.45) is 0.338. The van der Waals surface area contributed by atoms with Crippen molar-refractivity contribution in [2.75, 3.05) is 0 Å². The van der Waals surface area contributed by atoms with Crippen LogP contribution in [0, 0.1) is 28.4 Å². The van der Waals surface area contributed by atoms with E-state index in [2.05, 4.69) is 11.4 Å². The molecule has 0 saturated carbocycles. The van der Waals surface area contributed by atoms with E-state index in [0.29, 0.717) is 6.42 Å². The number of hydrogen-bond acceptors (Lipinski definition) is 3. The minimum atomic E-state index is -1.73. The lowest BCUT2D eigenvalue weighted by molar-refractivity contribution is -0.139. The number of carboxylic acid groups (broad SMARTS) is 1. The lowest BCUT2D eigenvalue weighted by Gasteiger charge is -2.37. The molecule has 1 heterocycles. The number of nitriles is 1. The Kier molecular flexibility index (Phi) is 6.35. The fraction of sp³-hybridized carbons (Fsp3) is 0.391. The number of aliphatic carboxylic acids is 1. The molecular weight excluding hydrogens is 445 g/mol. The molecule has 0 amide bonds. The van der Waals surface area contributed by atoms with Crippen molar-refractivity contribution in [3.63, 3.8) is 0 Å². The van der Waals surface area contributed by atoms with Crippen LogP contribution in [0.2, 0.25) is 10.0 Å². The van der Waals surface area contributed by atoms with Crippen molar-refractivity contribution in [3.05, 3.63) is 69.2 Å². The molecular formula is C23H22Cl2F2N2O2. The van der Waals surface area contributed by atoms with Gasteiger partial charge in [-0.1, -0.05) is 62.2 Å². The Morgan fingerprint density at radius 2 is 1.94 bits per heavy atom. The van der Waals surface area contributed by atoms with Crippen LogP contribution in [0.5, 0.6) is 0 Å². The molecule has 0 bridgehead atoms. The van der Waals surface area contributed by atoms with Gasteiger partial charge in [-0.2, -0.15) is 5.26 Å². The third kappa shape index (κ3) is 4.15. The fourth-order valence-electron chi connectivity index (χ4n) is 4.54. The first-order valence-corrected chi connectivity index (χ1v) is 10.5. The maximum atomic E-state index is 15.2. The highest BCUT2D eigenvalue weighted by Crippen LogP contribution is 2.52. The van der Waals surface area contributed by atoms with E-state index < -0.39 is 41.0 Å². The zero-order valence-corrected chi connectivity index (χ0v) is 18.7. The van der Waals surface area contributed by atoms with Crippen molar-refractivity contribution < 1.29 is 18.7 Å². The predicted octanol–water partition coefficient (Wildman–Crippen LogP) is 5.68. The van der Waals surface area contributed by atoms with Gasteiger partial charge in [-0.25, -0.2) is 8.78 Å². The van der Waals surface area contributed by atoms with Gasteiger partial charge in [-0.3, -0.25) is 10.1 Å². The average molecular weight is 467 g/mol. The minimum Gasteiger partial charge on any atom is -0.480 e. The Balaban J connectivity index is 2.38. The van der Waals surface area contributed by atoms with E-state index in [1.807, 2.05) is 20.8 Å². The normalized spacial score (nSPS) is 25.9. The van der Waals surface area contributed by atoms with Crippen molar-refractivity contribution >= 4 is 29.2 Å². The van der Waals surface area contributed by atoms with E-state index in [9.17, 15) is 15.2 Å². The third-order valence-corrected chi connectivity index (χ3v) is 6.24. The van der Waals surface area contributed by atoms with Crippen LogP contribution in [0.15, 0.2) is 36.4 Å². The van der Waals surface area contributed by atoms with Gasteiger partial charge in [0.15, 0.2) is 0 Å². The molecule has 1 aliphatic heterocycles. The Labute approximate surface area is 189 Å². The Morgan fingerprint density at radius 1 is 1.26 bits per heavy atom. The second-order valence-electron chi connectivity index (χ2n) is 9.03. The molecule has 0 aliphatic carbocycles. The predicted molar refractivity (Wildman–Crippen MR) is 115 cm³/mol. The molecule has 164 valence electrons. The molecule has 4 atom stereocenters. The average Bonchev–Trinajstić information content (AvgIpc) is 2.97. The molecule has 0 aromatic heterocycles. The first kappa shape index (κ1) is 23.5. The van der Waals surface area contributed by atoms with Crippen LogP contribution in [0.25, 0.3) is 0 Å². The number of carboxylic acids is 1. The van der Waals surface area contributed by atoms with E-state index in [0.717, 1.165) is 6.07 Å². The maximum Gasteiger partial charge on any atom is 0.321 e. The molecule has 1 saturated heterocycles. The van der Waals surface area contributed by atoms with Crippen LogP contribution < -0.4 is 5.32 Å². The molecule has 1 unspecified atom stereocenters. The van der Waals surface area contributed by atoms with Gasteiger partial charge in [0.2, 0.25) is 0 Å². The number of halogens is 4. The zero-order valence-electron chi connectivity index (χ0n) is 17.2. The van der Waals surface area contributed by atoms with E-state index in [4.69, 9.17) is 23.2 Å². The van der Waals surface area contributed by atoms with E-state index in [1.165, 1.54) is 30.3 Å². The van der Waals surface area contributed by atoms with Gasteiger partial charge >= 0.3 is 5.97 Å². The number of hydrogen-bond donors (Lipinski definition) is 2. The summed E-state index contributed by atoms with van der Waals surface area (Å²) >= 11 is 11.9. The number of carbonyl (C=O) groups is 1. The summed E-state index contributed by atoms with van der Waals surface area (Å²) in [5.74, 6) is -4.09. The lowest BCUT2D eigenvalue weighted by atomic mass is 9.62. The van der Waals surface area contributed by atoms with E-state index >= 15 is 8.78 Å². The second-order valence-corrected chi connectivity index (χ2v) is 9.87. The van der Waals surface area contributed by atoms with Gasteiger partial charge in [0.05, 0.1) is 11.1 Å². The quantitative estimate of drug-likeness (QED) is 0.607.